The molecule has 4 rings (SSSR count). The summed E-state index contributed by atoms with van der Waals surface area (Å²) in [6.07, 6.45) is -3.46. The molecule has 0 radical (unpaired) electrons. The van der Waals surface area contributed by atoms with Gasteiger partial charge < -0.3 is 28.8 Å². The SMILES string of the molecule is CO[C@@H]1[C@@H](OC)[C@@H](O)O[C@H](COC(c2ccccc2)(c2ccccc2)c2ccccc2)[C@@H]1OC. The van der Waals surface area contributed by atoms with E-state index < -0.39 is 36.3 Å². The molecule has 0 unspecified atom stereocenters. The highest BCUT2D eigenvalue weighted by molar-refractivity contribution is 5.47. The first-order chi connectivity index (χ1) is 16.7. The number of hydrogen-bond acceptors (Lipinski definition) is 6. The fourth-order valence-corrected chi connectivity index (χ4v) is 4.81. The topological polar surface area (TPSA) is 66.4 Å². The largest absolute Gasteiger partial charge is 0.376 e. The van der Waals surface area contributed by atoms with Crippen molar-refractivity contribution >= 4 is 0 Å². The molecule has 6 heteroatoms. The van der Waals surface area contributed by atoms with Crippen LogP contribution in [0.2, 0.25) is 0 Å². The lowest BCUT2D eigenvalue weighted by molar-refractivity contribution is -0.304. The fourth-order valence-electron chi connectivity index (χ4n) is 4.81. The number of aliphatic hydroxyl groups excluding tert-OH is 1. The van der Waals surface area contributed by atoms with Crippen LogP contribution >= 0.6 is 0 Å². The number of aliphatic hydroxyl groups is 1. The van der Waals surface area contributed by atoms with Crippen molar-refractivity contribution in [3.8, 4) is 0 Å². The summed E-state index contributed by atoms with van der Waals surface area (Å²) in [7, 11) is 4.68. The summed E-state index contributed by atoms with van der Waals surface area (Å²) in [6.45, 7) is 0.143. The van der Waals surface area contributed by atoms with Crippen molar-refractivity contribution in [3.63, 3.8) is 0 Å². The Kier molecular flexibility index (Phi) is 8.11. The highest BCUT2D eigenvalue weighted by Gasteiger charge is 2.48. The van der Waals surface area contributed by atoms with Gasteiger partial charge >= 0.3 is 0 Å². The lowest BCUT2D eigenvalue weighted by atomic mass is 9.80. The standard InChI is InChI=1S/C28H32O6/c1-30-24-23(34-27(29)26(32-3)25(24)31-2)19-33-28(20-13-7-4-8-14-20,21-15-9-5-10-16-21)22-17-11-6-12-18-22/h4-18,23-27,29H,19H2,1-3H3/t23-,24+,25+,26-,27+/m1/s1. The van der Waals surface area contributed by atoms with Gasteiger partial charge in [-0.25, -0.2) is 0 Å². The van der Waals surface area contributed by atoms with E-state index in [2.05, 4.69) is 36.4 Å². The smallest absolute Gasteiger partial charge is 0.184 e. The molecule has 0 bridgehead atoms. The predicted molar refractivity (Wildman–Crippen MR) is 128 cm³/mol. The number of hydrogen-bond donors (Lipinski definition) is 1. The second-order valence-corrected chi connectivity index (χ2v) is 8.26. The molecule has 0 aliphatic carbocycles. The second kappa shape index (κ2) is 11.2. The van der Waals surface area contributed by atoms with E-state index in [1.165, 1.54) is 7.11 Å². The molecule has 3 aromatic rings. The molecule has 6 nitrogen and oxygen atoms in total. The molecule has 1 aliphatic rings. The van der Waals surface area contributed by atoms with Crippen molar-refractivity contribution in [1.82, 2.24) is 0 Å². The van der Waals surface area contributed by atoms with Crippen LogP contribution in [-0.4, -0.2) is 63.7 Å². The Bertz CT molecular complexity index is 901. The zero-order chi connectivity index (χ0) is 24.0. The molecule has 1 aliphatic heterocycles. The number of benzene rings is 3. The van der Waals surface area contributed by atoms with Gasteiger partial charge in [0.2, 0.25) is 0 Å². The number of methoxy groups -OCH3 is 3. The van der Waals surface area contributed by atoms with Crippen LogP contribution in [0.25, 0.3) is 0 Å². The molecule has 0 amide bonds. The van der Waals surface area contributed by atoms with Crippen molar-refractivity contribution in [2.75, 3.05) is 27.9 Å². The van der Waals surface area contributed by atoms with Crippen LogP contribution in [0.5, 0.6) is 0 Å². The zero-order valence-electron chi connectivity index (χ0n) is 19.7. The Labute approximate surface area is 201 Å². The monoisotopic (exact) mass is 464 g/mol. The molecule has 0 saturated carbocycles. The van der Waals surface area contributed by atoms with Crippen molar-refractivity contribution < 1.29 is 28.8 Å². The van der Waals surface area contributed by atoms with Crippen LogP contribution in [0.1, 0.15) is 16.7 Å². The molecule has 1 fully saturated rings. The average Bonchev–Trinajstić information content (AvgIpc) is 2.90. The van der Waals surface area contributed by atoms with Crippen molar-refractivity contribution in [3.05, 3.63) is 108 Å². The summed E-state index contributed by atoms with van der Waals surface area (Å²) in [5, 5.41) is 10.6. The molecule has 0 aromatic heterocycles. The van der Waals surface area contributed by atoms with E-state index in [0.717, 1.165) is 16.7 Å². The highest BCUT2D eigenvalue weighted by Crippen LogP contribution is 2.41. The van der Waals surface area contributed by atoms with E-state index in [0.29, 0.717) is 0 Å². The van der Waals surface area contributed by atoms with Gasteiger partial charge in [0.05, 0.1) is 6.61 Å². The van der Waals surface area contributed by atoms with Gasteiger partial charge in [0.25, 0.3) is 0 Å². The summed E-state index contributed by atoms with van der Waals surface area (Å²) in [6, 6.07) is 30.3. The minimum Gasteiger partial charge on any atom is -0.376 e. The van der Waals surface area contributed by atoms with E-state index in [1.54, 1.807) is 14.2 Å². The van der Waals surface area contributed by atoms with Crippen molar-refractivity contribution in [2.24, 2.45) is 0 Å². The Hall–Kier alpha value is -2.58. The first-order valence-corrected chi connectivity index (χ1v) is 11.4. The summed E-state index contributed by atoms with van der Waals surface area (Å²) >= 11 is 0. The molecular formula is C28H32O6. The van der Waals surface area contributed by atoms with Gasteiger partial charge in [-0.3, -0.25) is 0 Å². The summed E-state index contributed by atoms with van der Waals surface area (Å²) in [4.78, 5) is 0. The number of rotatable bonds is 9. The first kappa shape index (κ1) is 24.5. The van der Waals surface area contributed by atoms with Gasteiger partial charge in [-0.15, -0.1) is 0 Å². The van der Waals surface area contributed by atoms with Gasteiger partial charge in [0, 0.05) is 21.3 Å². The molecular weight excluding hydrogens is 432 g/mol. The molecule has 34 heavy (non-hydrogen) atoms. The maximum atomic E-state index is 10.6. The Balaban J connectivity index is 1.76. The third-order valence-corrected chi connectivity index (χ3v) is 6.43. The van der Waals surface area contributed by atoms with Crippen molar-refractivity contribution in [2.45, 2.75) is 36.3 Å². The van der Waals surface area contributed by atoms with Crippen molar-refractivity contribution in [1.29, 1.82) is 0 Å². The van der Waals surface area contributed by atoms with E-state index in [4.69, 9.17) is 23.7 Å². The molecule has 1 heterocycles. The van der Waals surface area contributed by atoms with Crippen LogP contribution in [0.15, 0.2) is 91.0 Å². The van der Waals surface area contributed by atoms with Crippen LogP contribution in [0, 0.1) is 0 Å². The Morgan fingerprint density at radius 3 is 1.44 bits per heavy atom. The third kappa shape index (κ3) is 4.66. The van der Waals surface area contributed by atoms with E-state index in [1.807, 2.05) is 54.6 Å². The third-order valence-electron chi connectivity index (χ3n) is 6.43. The highest BCUT2D eigenvalue weighted by atomic mass is 16.7. The summed E-state index contributed by atoms with van der Waals surface area (Å²) in [5.74, 6) is 0. The lowest BCUT2D eigenvalue weighted by Crippen LogP contribution is -2.61. The second-order valence-electron chi connectivity index (χ2n) is 8.26. The molecule has 1 N–H and O–H groups in total. The molecule has 0 spiro atoms. The quantitative estimate of drug-likeness (QED) is 0.487. The van der Waals surface area contributed by atoms with Gasteiger partial charge in [-0.2, -0.15) is 0 Å². The molecule has 1 saturated heterocycles. The fraction of sp³-hybridized carbons (Fsp3) is 0.357. The maximum Gasteiger partial charge on any atom is 0.184 e. The Morgan fingerprint density at radius 1 is 0.647 bits per heavy atom. The van der Waals surface area contributed by atoms with Crippen LogP contribution in [0.4, 0.5) is 0 Å². The summed E-state index contributed by atoms with van der Waals surface area (Å²) < 4.78 is 29.6. The van der Waals surface area contributed by atoms with E-state index in [9.17, 15) is 5.11 Å². The van der Waals surface area contributed by atoms with Crippen LogP contribution in [-0.2, 0) is 29.3 Å². The zero-order valence-corrected chi connectivity index (χ0v) is 19.7. The molecule has 3 aromatic carbocycles. The van der Waals surface area contributed by atoms with Crippen LogP contribution < -0.4 is 0 Å². The van der Waals surface area contributed by atoms with Crippen LogP contribution in [0.3, 0.4) is 0 Å². The molecule has 5 atom stereocenters. The minimum absolute atomic E-state index is 0.143. The lowest BCUT2D eigenvalue weighted by Gasteiger charge is -2.44. The van der Waals surface area contributed by atoms with Gasteiger partial charge in [0.15, 0.2) is 6.29 Å². The first-order valence-electron chi connectivity index (χ1n) is 11.4. The summed E-state index contributed by atoms with van der Waals surface area (Å²) in [5.41, 5.74) is 2.04. The van der Waals surface area contributed by atoms with E-state index >= 15 is 0 Å². The predicted octanol–water partition coefficient (Wildman–Crippen LogP) is 3.76. The van der Waals surface area contributed by atoms with Gasteiger partial charge in [0.1, 0.15) is 30.0 Å². The van der Waals surface area contributed by atoms with E-state index in [-0.39, 0.29) is 6.61 Å². The normalized spacial score (nSPS) is 25.2. The van der Waals surface area contributed by atoms with Gasteiger partial charge in [-0.05, 0) is 16.7 Å². The number of ether oxygens (including phenoxy) is 5. The Morgan fingerprint density at radius 2 is 1.06 bits per heavy atom. The molecule has 180 valence electrons. The average molecular weight is 465 g/mol. The minimum atomic E-state index is -1.17. The maximum absolute atomic E-state index is 10.6. The van der Waals surface area contributed by atoms with Gasteiger partial charge in [-0.1, -0.05) is 91.0 Å².